The minimum atomic E-state index is -0.177. The molecule has 0 aliphatic carbocycles. The molecule has 196 valence electrons. The molecule has 7 heteroatoms. The molecule has 0 amide bonds. The fourth-order valence-electron chi connectivity index (χ4n) is 4.38. The second kappa shape index (κ2) is 12.3. The van der Waals surface area contributed by atoms with Crippen LogP contribution >= 0.6 is 0 Å². The van der Waals surface area contributed by atoms with Gasteiger partial charge in [-0.2, -0.15) is 13.9 Å². The molecule has 0 aliphatic rings. The molecular formula is C30H39N4O3+. The molecular weight excluding hydrogens is 464 g/mol. The van der Waals surface area contributed by atoms with Gasteiger partial charge in [0.15, 0.2) is 0 Å². The van der Waals surface area contributed by atoms with Gasteiger partial charge in [0.2, 0.25) is 0 Å². The van der Waals surface area contributed by atoms with Crippen molar-refractivity contribution >= 4 is 35.7 Å². The minimum absolute atomic E-state index is 0.177. The van der Waals surface area contributed by atoms with E-state index >= 15 is 0 Å². The summed E-state index contributed by atoms with van der Waals surface area (Å²) < 4.78 is 3.12. The van der Waals surface area contributed by atoms with Gasteiger partial charge in [-0.3, -0.25) is 0 Å². The molecule has 7 nitrogen and oxygen atoms in total. The maximum absolute atomic E-state index is 12.9. The summed E-state index contributed by atoms with van der Waals surface area (Å²) in [4.78, 5) is 17.2. The number of phenols is 2. The van der Waals surface area contributed by atoms with Crippen molar-refractivity contribution in [2.75, 3.05) is 36.0 Å². The number of benzene rings is 2. The number of aromatic nitrogens is 2. The lowest BCUT2D eigenvalue weighted by Gasteiger charge is -2.21. The van der Waals surface area contributed by atoms with E-state index in [2.05, 4.69) is 37.5 Å². The van der Waals surface area contributed by atoms with E-state index in [0.29, 0.717) is 22.5 Å². The Hall–Kier alpha value is -4.00. The average molecular weight is 504 g/mol. The minimum Gasteiger partial charge on any atom is -0.507 e. The third-order valence-corrected chi connectivity index (χ3v) is 6.80. The van der Waals surface area contributed by atoms with Gasteiger partial charge in [0, 0.05) is 66.9 Å². The average Bonchev–Trinajstić information content (AvgIpc) is 2.89. The zero-order valence-electron chi connectivity index (χ0n) is 22.8. The Morgan fingerprint density at radius 1 is 0.757 bits per heavy atom. The Morgan fingerprint density at radius 3 is 1.65 bits per heavy atom. The second-order valence-corrected chi connectivity index (χ2v) is 8.89. The Kier molecular flexibility index (Phi) is 9.17. The molecule has 1 heterocycles. The second-order valence-electron chi connectivity index (χ2n) is 8.89. The Balaban J connectivity index is 1.91. The number of rotatable bonds is 10. The summed E-state index contributed by atoms with van der Waals surface area (Å²) in [7, 11) is 3.44. The Labute approximate surface area is 219 Å². The molecule has 0 aliphatic heterocycles. The van der Waals surface area contributed by atoms with Gasteiger partial charge >= 0.3 is 5.69 Å². The van der Waals surface area contributed by atoms with Crippen LogP contribution in [-0.4, -0.2) is 41.0 Å². The van der Waals surface area contributed by atoms with E-state index in [1.807, 2.05) is 42.5 Å². The van der Waals surface area contributed by atoms with Crippen molar-refractivity contribution in [3.63, 3.8) is 0 Å². The van der Waals surface area contributed by atoms with Crippen LogP contribution in [0.3, 0.4) is 0 Å². The van der Waals surface area contributed by atoms with Crippen LogP contribution in [0.25, 0.3) is 24.3 Å². The molecule has 3 aromatic rings. The number of anilines is 2. The van der Waals surface area contributed by atoms with Crippen LogP contribution in [0.15, 0.2) is 47.3 Å². The van der Waals surface area contributed by atoms with Gasteiger partial charge in [-0.25, -0.2) is 0 Å². The first-order chi connectivity index (χ1) is 17.7. The van der Waals surface area contributed by atoms with E-state index in [9.17, 15) is 15.0 Å². The molecule has 1 aromatic heterocycles. The van der Waals surface area contributed by atoms with Crippen LogP contribution in [-0.2, 0) is 14.1 Å². The van der Waals surface area contributed by atoms with Gasteiger partial charge in [0.1, 0.15) is 22.9 Å². The number of phenolic OH excluding ortho intramolecular Hbond substituents is 2. The Bertz CT molecular complexity index is 1250. The van der Waals surface area contributed by atoms with Crippen molar-refractivity contribution in [2.45, 2.75) is 27.7 Å². The van der Waals surface area contributed by atoms with Crippen LogP contribution in [0.1, 0.15) is 50.2 Å². The van der Waals surface area contributed by atoms with Gasteiger partial charge in [-0.1, -0.05) is 0 Å². The molecule has 0 unspecified atom stereocenters. The van der Waals surface area contributed by atoms with Crippen LogP contribution in [0, 0.1) is 0 Å². The smallest absolute Gasteiger partial charge is 0.498 e. The number of aromatic hydroxyl groups is 2. The van der Waals surface area contributed by atoms with Gasteiger partial charge in [-0.05, 0) is 76.3 Å². The molecule has 0 fully saturated rings. The summed E-state index contributed by atoms with van der Waals surface area (Å²) in [6.07, 6.45) is 7.26. The first-order valence-electron chi connectivity index (χ1n) is 12.9. The lowest BCUT2D eigenvalue weighted by atomic mass is 10.1. The van der Waals surface area contributed by atoms with Gasteiger partial charge < -0.3 is 20.0 Å². The molecule has 37 heavy (non-hydrogen) atoms. The quantitative estimate of drug-likeness (QED) is 0.394. The van der Waals surface area contributed by atoms with Gasteiger partial charge in [0.05, 0.1) is 14.1 Å². The molecule has 0 bridgehead atoms. The highest BCUT2D eigenvalue weighted by atomic mass is 16.3. The zero-order valence-corrected chi connectivity index (χ0v) is 22.8. The lowest BCUT2D eigenvalue weighted by molar-refractivity contribution is -0.692. The third-order valence-electron chi connectivity index (χ3n) is 6.80. The van der Waals surface area contributed by atoms with E-state index in [1.54, 1.807) is 47.5 Å². The van der Waals surface area contributed by atoms with Crippen LogP contribution in [0.2, 0.25) is 0 Å². The predicted molar refractivity (Wildman–Crippen MR) is 154 cm³/mol. The first kappa shape index (κ1) is 27.6. The van der Waals surface area contributed by atoms with E-state index in [1.165, 1.54) is 0 Å². The first-order valence-corrected chi connectivity index (χ1v) is 12.9. The number of hydrogen-bond acceptors (Lipinski definition) is 5. The Morgan fingerprint density at radius 2 is 1.22 bits per heavy atom. The van der Waals surface area contributed by atoms with Crippen molar-refractivity contribution in [2.24, 2.45) is 14.1 Å². The highest BCUT2D eigenvalue weighted by molar-refractivity contribution is 5.75. The van der Waals surface area contributed by atoms with Crippen molar-refractivity contribution in [3.8, 4) is 11.5 Å². The van der Waals surface area contributed by atoms with Crippen molar-refractivity contribution in [3.05, 3.63) is 75.5 Å². The molecule has 2 N–H and O–H groups in total. The molecule has 0 spiro atoms. The number of nitrogens with zero attached hydrogens (tertiary/aromatic N) is 4. The summed E-state index contributed by atoms with van der Waals surface area (Å²) in [6.45, 7) is 11.8. The van der Waals surface area contributed by atoms with Crippen molar-refractivity contribution in [1.29, 1.82) is 0 Å². The largest absolute Gasteiger partial charge is 0.507 e. The monoisotopic (exact) mass is 503 g/mol. The summed E-state index contributed by atoms with van der Waals surface area (Å²) in [5.41, 5.74) is 4.49. The van der Waals surface area contributed by atoms with Crippen LogP contribution in [0.4, 0.5) is 11.4 Å². The summed E-state index contributed by atoms with van der Waals surface area (Å²) in [5, 5.41) is 21.1. The van der Waals surface area contributed by atoms with Crippen molar-refractivity contribution < 1.29 is 14.8 Å². The maximum Gasteiger partial charge on any atom is 0.498 e. The predicted octanol–water partition coefficient (Wildman–Crippen LogP) is 4.65. The summed E-state index contributed by atoms with van der Waals surface area (Å²) in [6, 6.07) is 13.2. The molecule has 0 saturated heterocycles. The van der Waals surface area contributed by atoms with E-state index < -0.39 is 0 Å². The summed E-state index contributed by atoms with van der Waals surface area (Å²) >= 11 is 0. The normalized spacial score (nSPS) is 11.5. The fraction of sp³-hybridized carbons (Fsp3) is 0.333. The standard InChI is InChI=1S/C30H38N4O3/c1-7-33(8-2)26-17-13-22(28(35)20-26)11-15-24-19-25(32(6)30(37)31(24)5)16-12-23-14-18-27(21-29(23)36)34(9-3)10-4/h11-21H,7-10H2,1-6H3,(H,35,36)/p+1. The topological polar surface area (TPSA) is 72.8 Å². The zero-order chi connectivity index (χ0) is 27.1. The SMILES string of the molecule is CCN(CC)c1ccc(C=Cc2cc(C=Cc3ccc(N(CC)CC)cc3O)[n+](C)c(=O)n2C)c(O)c1. The third kappa shape index (κ3) is 6.23. The highest BCUT2D eigenvalue weighted by Crippen LogP contribution is 2.27. The fourth-order valence-corrected chi connectivity index (χ4v) is 4.38. The summed E-state index contributed by atoms with van der Waals surface area (Å²) in [5.74, 6) is 0.381. The maximum atomic E-state index is 12.9. The van der Waals surface area contributed by atoms with Gasteiger partial charge in [0.25, 0.3) is 0 Å². The molecule has 3 rings (SSSR count). The van der Waals surface area contributed by atoms with Crippen LogP contribution < -0.4 is 20.1 Å². The number of hydrogen-bond donors (Lipinski definition) is 2. The molecule has 0 saturated carbocycles. The molecule has 0 atom stereocenters. The lowest BCUT2D eigenvalue weighted by Crippen LogP contribution is -2.53. The highest BCUT2D eigenvalue weighted by Gasteiger charge is 2.14. The van der Waals surface area contributed by atoms with E-state index in [-0.39, 0.29) is 17.2 Å². The van der Waals surface area contributed by atoms with E-state index in [4.69, 9.17) is 0 Å². The van der Waals surface area contributed by atoms with Crippen molar-refractivity contribution in [1.82, 2.24) is 4.57 Å². The molecule has 0 radical (unpaired) electrons. The van der Waals surface area contributed by atoms with E-state index in [0.717, 1.165) is 37.6 Å². The van der Waals surface area contributed by atoms with Gasteiger partial charge in [-0.15, -0.1) is 0 Å². The molecule has 2 aromatic carbocycles. The van der Waals surface area contributed by atoms with Crippen LogP contribution in [0.5, 0.6) is 11.5 Å².